The molecular weight excluding hydrogens is 459 g/mol. The van der Waals surface area contributed by atoms with E-state index in [1.54, 1.807) is 0 Å². The second-order valence-corrected chi connectivity index (χ2v) is 6.81. The Bertz CT molecular complexity index is 1070. The molecule has 0 saturated carbocycles. The number of esters is 2. The summed E-state index contributed by atoms with van der Waals surface area (Å²) in [6, 6.07) is 4.77. The molecule has 0 radical (unpaired) electrons. The number of hydrogen-bond donors (Lipinski definition) is 1. The van der Waals surface area contributed by atoms with Crippen molar-refractivity contribution in [2.75, 3.05) is 14.2 Å². The van der Waals surface area contributed by atoms with Crippen LogP contribution in [0.1, 0.15) is 20.7 Å². The molecule has 0 aromatic heterocycles. The normalized spacial score (nSPS) is 11.1. The Morgan fingerprint density at radius 1 is 0.871 bits per heavy atom. The van der Waals surface area contributed by atoms with Gasteiger partial charge in [0.05, 0.1) is 14.2 Å². The van der Waals surface area contributed by atoms with Gasteiger partial charge in [-0.05, 0) is 36.4 Å². The van der Waals surface area contributed by atoms with Gasteiger partial charge in [0.2, 0.25) is 0 Å². The van der Waals surface area contributed by atoms with E-state index in [2.05, 4.69) is 13.7 Å². The first kappa shape index (κ1) is 25.6. The van der Waals surface area contributed by atoms with E-state index in [1.807, 2.05) is 0 Å². The predicted molar refractivity (Wildman–Crippen MR) is 92.7 cm³/mol. The minimum Gasteiger partial charge on any atom is -0.507 e. The molecule has 1 N–H and O–H groups in total. The third-order valence-electron chi connectivity index (χ3n) is 3.19. The molecule has 0 heterocycles. The van der Waals surface area contributed by atoms with Gasteiger partial charge < -0.3 is 18.8 Å². The molecule has 2 rings (SSSR count). The number of hydrogen-bond acceptors (Lipinski definition) is 8. The molecule has 31 heavy (non-hydrogen) atoms. The Balaban J connectivity index is 0.000000343. The molecule has 0 bridgehead atoms. The number of carbonyl (C=O) groups excluding carboxylic acids is 2. The van der Waals surface area contributed by atoms with Gasteiger partial charge in [-0.1, -0.05) is 0 Å². The molecule has 0 aliphatic rings. The van der Waals surface area contributed by atoms with E-state index in [0.717, 1.165) is 32.4 Å². The summed E-state index contributed by atoms with van der Waals surface area (Å²) in [6.45, 7) is 0. The summed E-state index contributed by atoms with van der Waals surface area (Å²) in [5, 5.41) is 9.07. The van der Waals surface area contributed by atoms with Crippen LogP contribution in [0.15, 0.2) is 36.4 Å². The number of methoxy groups -OCH3 is 2. The second-order valence-electron chi connectivity index (χ2n) is 5.27. The van der Waals surface area contributed by atoms with Crippen molar-refractivity contribution < 1.29 is 58.7 Å². The van der Waals surface area contributed by atoms with Crippen LogP contribution in [-0.4, -0.2) is 45.2 Å². The van der Waals surface area contributed by atoms with Crippen LogP contribution in [-0.2, 0) is 19.6 Å². The van der Waals surface area contributed by atoms with Gasteiger partial charge in [0.15, 0.2) is 5.75 Å². The number of carbonyl (C=O) groups is 2. The lowest BCUT2D eigenvalue weighted by atomic mass is 10.2. The zero-order valence-corrected chi connectivity index (χ0v) is 16.4. The van der Waals surface area contributed by atoms with Crippen molar-refractivity contribution in [1.29, 1.82) is 0 Å². The van der Waals surface area contributed by atoms with E-state index in [-0.39, 0.29) is 11.3 Å². The largest absolute Gasteiger partial charge is 0.534 e. The molecule has 0 atom stereocenters. The molecular formula is C17H13F5O8S. The maximum atomic E-state index is 12.9. The molecule has 0 saturated heterocycles. The molecule has 0 unspecified atom stereocenters. The van der Waals surface area contributed by atoms with Gasteiger partial charge in [-0.25, -0.2) is 18.4 Å². The summed E-state index contributed by atoms with van der Waals surface area (Å²) in [4.78, 5) is 22.0. The number of rotatable bonds is 4. The van der Waals surface area contributed by atoms with Crippen LogP contribution in [0.4, 0.5) is 22.0 Å². The quantitative estimate of drug-likeness (QED) is 0.312. The molecule has 0 aliphatic heterocycles. The highest BCUT2D eigenvalue weighted by molar-refractivity contribution is 7.88. The number of alkyl halides is 3. The summed E-state index contributed by atoms with van der Waals surface area (Å²) < 4.78 is 95.5. The second kappa shape index (κ2) is 10.1. The van der Waals surface area contributed by atoms with E-state index in [1.165, 1.54) is 0 Å². The minimum absolute atomic E-state index is 0.169. The van der Waals surface area contributed by atoms with Crippen LogP contribution in [0.2, 0.25) is 0 Å². The van der Waals surface area contributed by atoms with Gasteiger partial charge in [-0.2, -0.15) is 21.6 Å². The lowest BCUT2D eigenvalue weighted by Crippen LogP contribution is -2.28. The van der Waals surface area contributed by atoms with Gasteiger partial charge in [0.1, 0.15) is 28.5 Å². The predicted octanol–water partition coefficient (Wildman–Crippen LogP) is 3.16. The summed E-state index contributed by atoms with van der Waals surface area (Å²) >= 11 is 0. The van der Waals surface area contributed by atoms with Crippen molar-refractivity contribution in [2.45, 2.75) is 5.51 Å². The number of phenolic OH excluding ortho intramolecular Hbond substituents is 1. The standard InChI is InChI=1S/C9H6F4O5S.C8H7FO3/c1-17-8(14)6-4-5(10)2-3-7(6)18-19(15,16)9(11,12)13;1-12-8(11)6-4-5(9)2-3-7(6)10/h2-4H,1H3;2-4,10H,1H3. The fraction of sp³-hybridized carbons (Fsp3) is 0.176. The van der Waals surface area contributed by atoms with Crippen LogP contribution >= 0.6 is 0 Å². The zero-order valence-electron chi connectivity index (χ0n) is 15.6. The minimum atomic E-state index is -5.96. The zero-order chi connectivity index (χ0) is 24.0. The van der Waals surface area contributed by atoms with Crippen molar-refractivity contribution in [2.24, 2.45) is 0 Å². The monoisotopic (exact) mass is 472 g/mol. The highest BCUT2D eigenvalue weighted by Crippen LogP contribution is 2.29. The first-order chi connectivity index (χ1) is 14.2. The number of halogens is 5. The van der Waals surface area contributed by atoms with E-state index < -0.39 is 50.5 Å². The maximum Gasteiger partial charge on any atom is 0.534 e. The van der Waals surface area contributed by atoms with Crippen molar-refractivity contribution >= 4 is 22.1 Å². The fourth-order valence-electron chi connectivity index (χ4n) is 1.79. The Kier molecular flexibility index (Phi) is 8.31. The number of ether oxygens (including phenoxy) is 2. The number of benzene rings is 2. The van der Waals surface area contributed by atoms with Crippen LogP contribution in [0.25, 0.3) is 0 Å². The average Bonchev–Trinajstić information content (AvgIpc) is 2.69. The summed E-state index contributed by atoms with van der Waals surface area (Å²) in [5.74, 6) is -4.84. The van der Waals surface area contributed by atoms with Crippen LogP contribution in [0.3, 0.4) is 0 Å². The van der Waals surface area contributed by atoms with Crippen LogP contribution in [0, 0.1) is 11.6 Å². The van der Waals surface area contributed by atoms with Gasteiger partial charge >= 0.3 is 27.6 Å². The Hall–Kier alpha value is -3.42. The van der Waals surface area contributed by atoms with E-state index in [4.69, 9.17) is 5.11 Å². The molecule has 8 nitrogen and oxygen atoms in total. The maximum absolute atomic E-state index is 12.9. The first-order valence-corrected chi connectivity index (χ1v) is 9.09. The van der Waals surface area contributed by atoms with Gasteiger partial charge in [0.25, 0.3) is 0 Å². The van der Waals surface area contributed by atoms with Crippen molar-refractivity contribution in [1.82, 2.24) is 0 Å². The van der Waals surface area contributed by atoms with Gasteiger partial charge in [-0.3, -0.25) is 0 Å². The number of aromatic hydroxyl groups is 1. The Morgan fingerprint density at radius 2 is 1.32 bits per heavy atom. The molecule has 14 heteroatoms. The topological polar surface area (TPSA) is 116 Å². The summed E-state index contributed by atoms with van der Waals surface area (Å²) in [6.07, 6.45) is 0. The van der Waals surface area contributed by atoms with Crippen molar-refractivity contribution in [3.05, 3.63) is 59.2 Å². The highest BCUT2D eigenvalue weighted by Gasteiger charge is 2.49. The SMILES string of the molecule is COC(=O)c1cc(F)ccc1O.COC(=O)c1cc(F)ccc1OS(=O)(=O)C(F)(F)F. The van der Waals surface area contributed by atoms with Crippen molar-refractivity contribution in [3.63, 3.8) is 0 Å². The van der Waals surface area contributed by atoms with Gasteiger partial charge in [-0.15, -0.1) is 0 Å². The lowest BCUT2D eigenvalue weighted by molar-refractivity contribution is -0.0500. The smallest absolute Gasteiger partial charge is 0.507 e. The average molecular weight is 472 g/mol. The van der Waals surface area contributed by atoms with E-state index in [9.17, 15) is 40.0 Å². The first-order valence-electron chi connectivity index (χ1n) is 7.69. The molecule has 2 aromatic rings. The summed E-state index contributed by atoms with van der Waals surface area (Å²) in [7, 11) is -3.91. The molecule has 0 amide bonds. The Morgan fingerprint density at radius 3 is 1.81 bits per heavy atom. The molecule has 170 valence electrons. The lowest BCUT2D eigenvalue weighted by Gasteiger charge is -2.11. The molecule has 2 aromatic carbocycles. The number of phenols is 1. The summed E-state index contributed by atoms with van der Waals surface area (Å²) in [5.41, 5.74) is -6.62. The van der Waals surface area contributed by atoms with E-state index in [0.29, 0.717) is 18.2 Å². The van der Waals surface area contributed by atoms with Crippen molar-refractivity contribution in [3.8, 4) is 11.5 Å². The van der Waals surface area contributed by atoms with E-state index >= 15 is 0 Å². The van der Waals surface area contributed by atoms with Crippen LogP contribution in [0.5, 0.6) is 11.5 Å². The molecule has 0 fully saturated rings. The van der Waals surface area contributed by atoms with Crippen LogP contribution < -0.4 is 4.18 Å². The highest BCUT2D eigenvalue weighted by atomic mass is 32.2. The molecule has 0 spiro atoms. The third-order valence-corrected chi connectivity index (χ3v) is 4.16. The Labute approximate surface area is 171 Å². The third kappa shape index (κ3) is 6.80. The fourth-order valence-corrected chi connectivity index (χ4v) is 2.27. The van der Waals surface area contributed by atoms with Gasteiger partial charge in [0, 0.05) is 0 Å². The molecule has 0 aliphatic carbocycles.